The van der Waals surface area contributed by atoms with Crippen molar-refractivity contribution in [3.05, 3.63) is 30.2 Å². The molecule has 2 rings (SSSR count). The number of fused-ring (bicyclic) bond motifs is 1. The average molecular weight is 176 g/mol. The molecule has 0 bridgehead atoms. The summed E-state index contributed by atoms with van der Waals surface area (Å²) < 4.78 is 1.76. The van der Waals surface area contributed by atoms with E-state index < -0.39 is 0 Å². The largest absolute Gasteiger partial charge is 0.328 e. The average Bonchev–Trinajstić information content (AvgIpc) is 2.44. The summed E-state index contributed by atoms with van der Waals surface area (Å²) in [4.78, 5) is 4.17. The third kappa shape index (κ3) is 1.67. The lowest BCUT2D eigenvalue weighted by Crippen LogP contribution is -2.17. The van der Waals surface area contributed by atoms with Crippen LogP contribution in [-0.4, -0.2) is 20.6 Å². The summed E-state index contributed by atoms with van der Waals surface area (Å²) >= 11 is 0. The molecule has 4 heteroatoms. The lowest BCUT2D eigenvalue weighted by atomic mass is 10.2. The second kappa shape index (κ2) is 3.14. The van der Waals surface area contributed by atoms with Crippen molar-refractivity contribution in [2.45, 2.75) is 19.4 Å². The van der Waals surface area contributed by atoms with Crippen molar-refractivity contribution >= 4 is 5.65 Å². The number of nitrogens with zero attached hydrogens (tertiary/aromatic N) is 3. The molecule has 4 nitrogen and oxygen atoms in total. The molecule has 0 unspecified atom stereocenters. The van der Waals surface area contributed by atoms with Crippen LogP contribution in [0.2, 0.25) is 0 Å². The maximum Gasteiger partial charge on any atom is 0.155 e. The second-order valence-electron chi connectivity index (χ2n) is 3.24. The van der Waals surface area contributed by atoms with Gasteiger partial charge in [0.2, 0.25) is 0 Å². The van der Waals surface area contributed by atoms with E-state index in [0.29, 0.717) is 0 Å². The van der Waals surface area contributed by atoms with E-state index in [1.165, 1.54) is 0 Å². The zero-order chi connectivity index (χ0) is 9.26. The Kier molecular flexibility index (Phi) is 1.98. The lowest BCUT2D eigenvalue weighted by Gasteiger charge is -1.98. The van der Waals surface area contributed by atoms with Crippen LogP contribution in [0.5, 0.6) is 0 Å². The highest BCUT2D eigenvalue weighted by Crippen LogP contribution is 2.04. The predicted molar refractivity (Wildman–Crippen MR) is 50.3 cm³/mol. The third-order valence-electron chi connectivity index (χ3n) is 1.82. The smallest absolute Gasteiger partial charge is 0.155 e. The van der Waals surface area contributed by atoms with Crippen molar-refractivity contribution in [1.29, 1.82) is 0 Å². The summed E-state index contributed by atoms with van der Waals surface area (Å²) in [5.74, 6) is 0. The number of hydrogen-bond donors (Lipinski definition) is 1. The molecule has 2 aromatic heterocycles. The van der Waals surface area contributed by atoms with Gasteiger partial charge in [-0.05, 0) is 13.0 Å². The summed E-state index contributed by atoms with van der Waals surface area (Å²) in [6, 6.07) is 3.96. The number of nitrogens with two attached hydrogens (primary N) is 1. The highest BCUT2D eigenvalue weighted by atomic mass is 15.2. The summed E-state index contributed by atoms with van der Waals surface area (Å²) in [5, 5.41) is 4.33. The molecular formula is C9H12N4. The van der Waals surface area contributed by atoms with Crippen LogP contribution in [0.4, 0.5) is 0 Å². The molecule has 0 saturated carbocycles. The molecule has 0 aliphatic heterocycles. The molecular weight excluding hydrogens is 164 g/mol. The fourth-order valence-corrected chi connectivity index (χ4v) is 1.31. The van der Waals surface area contributed by atoms with Gasteiger partial charge in [-0.2, -0.15) is 5.10 Å². The molecule has 0 fully saturated rings. The zero-order valence-electron chi connectivity index (χ0n) is 7.51. The molecule has 2 aromatic rings. The van der Waals surface area contributed by atoms with E-state index in [9.17, 15) is 0 Å². The Morgan fingerprint density at radius 1 is 1.62 bits per heavy atom. The van der Waals surface area contributed by atoms with E-state index in [1.807, 2.05) is 25.3 Å². The monoisotopic (exact) mass is 176 g/mol. The molecule has 0 spiro atoms. The van der Waals surface area contributed by atoms with E-state index in [1.54, 1.807) is 10.7 Å². The highest BCUT2D eigenvalue weighted by Gasteiger charge is 2.03. The first-order chi connectivity index (χ1) is 6.25. The minimum Gasteiger partial charge on any atom is -0.328 e. The molecule has 13 heavy (non-hydrogen) atoms. The fraction of sp³-hybridized carbons (Fsp3) is 0.333. The Balaban J connectivity index is 2.38. The van der Waals surface area contributed by atoms with Crippen molar-refractivity contribution in [1.82, 2.24) is 14.6 Å². The van der Waals surface area contributed by atoms with Gasteiger partial charge in [0, 0.05) is 30.9 Å². The Labute approximate surface area is 76.4 Å². The maximum absolute atomic E-state index is 5.68. The van der Waals surface area contributed by atoms with E-state index >= 15 is 0 Å². The van der Waals surface area contributed by atoms with Crippen molar-refractivity contribution in [2.24, 2.45) is 5.73 Å². The first kappa shape index (κ1) is 8.19. The van der Waals surface area contributed by atoms with Gasteiger partial charge in [-0.25, -0.2) is 9.50 Å². The van der Waals surface area contributed by atoms with Crippen molar-refractivity contribution in [3.63, 3.8) is 0 Å². The van der Waals surface area contributed by atoms with E-state index in [0.717, 1.165) is 17.8 Å². The van der Waals surface area contributed by atoms with Gasteiger partial charge in [0.1, 0.15) is 0 Å². The Morgan fingerprint density at radius 2 is 2.46 bits per heavy atom. The van der Waals surface area contributed by atoms with Crippen LogP contribution in [-0.2, 0) is 6.42 Å². The van der Waals surface area contributed by atoms with Crippen molar-refractivity contribution in [3.8, 4) is 0 Å². The molecule has 1 atom stereocenters. The van der Waals surface area contributed by atoms with Crippen LogP contribution in [0.25, 0.3) is 5.65 Å². The normalized spacial score (nSPS) is 13.4. The topological polar surface area (TPSA) is 56.2 Å². The van der Waals surface area contributed by atoms with E-state index in [2.05, 4.69) is 10.1 Å². The molecule has 2 N–H and O–H groups in total. The minimum atomic E-state index is 0.143. The number of hydrogen-bond acceptors (Lipinski definition) is 3. The van der Waals surface area contributed by atoms with Crippen LogP contribution in [0.3, 0.4) is 0 Å². The summed E-state index contributed by atoms with van der Waals surface area (Å²) in [6.07, 6.45) is 4.43. The molecule has 0 aromatic carbocycles. The van der Waals surface area contributed by atoms with Gasteiger partial charge >= 0.3 is 0 Å². The van der Waals surface area contributed by atoms with Crippen molar-refractivity contribution < 1.29 is 0 Å². The van der Waals surface area contributed by atoms with Crippen LogP contribution < -0.4 is 5.73 Å². The Morgan fingerprint density at radius 3 is 3.15 bits per heavy atom. The van der Waals surface area contributed by atoms with Gasteiger partial charge in [0.05, 0.1) is 5.69 Å². The molecule has 0 radical (unpaired) electrons. The molecule has 0 aliphatic carbocycles. The van der Waals surface area contributed by atoms with Gasteiger partial charge in [0.25, 0.3) is 0 Å². The van der Waals surface area contributed by atoms with Gasteiger partial charge < -0.3 is 5.73 Å². The Hall–Kier alpha value is -1.42. The zero-order valence-corrected chi connectivity index (χ0v) is 7.51. The van der Waals surface area contributed by atoms with Gasteiger partial charge in [-0.3, -0.25) is 0 Å². The first-order valence-electron chi connectivity index (χ1n) is 4.30. The summed E-state index contributed by atoms with van der Waals surface area (Å²) in [7, 11) is 0. The quantitative estimate of drug-likeness (QED) is 0.729. The van der Waals surface area contributed by atoms with Crippen LogP contribution >= 0.6 is 0 Å². The highest BCUT2D eigenvalue weighted by molar-refractivity contribution is 5.38. The Bertz CT molecular complexity index is 372. The van der Waals surface area contributed by atoms with Gasteiger partial charge in [0.15, 0.2) is 5.65 Å². The maximum atomic E-state index is 5.68. The van der Waals surface area contributed by atoms with Crippen LogP contribution in [0.15, 0.2) is 24.5 Å². The lowest BCUT2D eigenvalue weighted by molar-refractivity contribution is 0.712. The molecule has 0 amide bonds. The van der Waals surface area contributed by atoms with Gasteiger partial charge in [-0.1, -0.05) is 0 Å². The number of aromatic nitrogens is 3. The standard InChI is InChI=1S/C9H12N4/c1-7(10)5-8-6-9-11-3-2-4-13(9)12-8/h2-4,6-7H,5,10H2,1H3/t7-/m1/s1. The second-order valence-corrected chi connectivity index (χ2v) is 3.24. The van der Waals surface area contributed by atoms with Crippen molar-refractivity contribution in [2.75, 3.05) is 0 Å². The minimum absolute atomic E-state index is 0.143. The van der Waals surface area contributed by atoms with Crippen LogP contribution in [0, 0.1) is 0 Å². The number of rotatable bonds is 2. The van der Waals surface area contributed by atoms with E-state index in [4.69, 9.17) is 5.73 Å². The van der Waals surface area contributed by atoms with Gasteiger partial charge in [-0.15, -0.1) is 0 Å². The molecule has 0 saturated heterocycles. The van der Waals surface area contributed by atoms with E-state index in [-0.39, 0.29) is 6.04 Å². The molecule has 2 heterocycles. The summed E-state index contributed by atoms with van der Waals surface area (Å²) in [6.45, 7) is 1.97. The molecule has 68 valence electrons. The SMILES string of the molecule is C[C@@H](N)Cc1cc2ncccn2n1. The molecule has 0 aliphatic rings. The van der Waals surface area contributed by atoms with Crippen LogP contribution in [0.1, 0.15) is 12.6 Å². The summed E-state index contributed by atoms with van der Waals surface area (Å²) in [5.41, 5.74) is 7.54. The predicted octanol–water partition coefficient (Wildman–Crippen LogP) is 0.619. The fourth-order valence-electron chi connectivity index (χ4n) is 1.31. The third-order valence-corrected chi connectivity index (χ3v) is 1.82. The first-order valence-corrected chi connectivity index (χ1v) is 4.30.